The third-order valence-electron chi connectivity index (χ3n) is 5.34. The molecular formula is C25H24N2O2. The van der Waals surface area contributed by atoms with E-state index in [2.05, 4.69) is 59.6 Å². The molecule has 0 fully saturated rings. The van der Waals surface area contributed by atoms with E-state index in [0.29, 0.717) is 0 Å². The summed E-state index contributed by atoms with van der Waals surface area (Å²) in [6.45, 7) is 4.06. The molecule has 5 rings (SSSR count). The van der Waals surface area contributed by atoms with E-state index in [0.717, 1.165) is 29.2 Å². The molecule has 0 saturated heterocycles. The van der Waals surface area contributed by atoms with Gasteiger partial charge in [0.05, 0.1) is 17.9 Å². The summed E-state index contributed by atoms with van der Waals surface area (Å²) < 4.78 is 12.2. The maximum absolute atomic E-state index is 6.42. The molecule has 0 N–H and O–H groups in total. The molecule has 2 aliphatic heterocycles. The van der Waals surface area contributed by atoms with Gasteiger partial charge in [-0.1, -0.05) is 48.5 Å². The first-order chi connectivity index (χ1) is 14.2. The Labute approximate surface area is 171 Å². The second-order valence-corrected chi connectivity index (χ2v) is 7.76. The summed E-state index contributed by atoms with van der Waals surface area (Å²) in [4.78, 5) is 0. The zero-order valence-corrected chi connectivity index (χ0v) is 16.7. The second-order valence-electron chi connectivity index (χ2n) is 7.76. The highest BCUT2D eigenvalue weighted by molar-refractivity contribution is 6.01. The fourth-order valence-electron chi connectivity index (χ4n) is 4.04. The van der Waals surface area contributed by atoms with Gasteiger partial charge < -0.3 is 9.47 Å². The Morgan fingerprint density at radius 1 is 0.931 bits per heavy atom. The van der Waals surface area contributed by atoms with Crippen LogP contribution < -0.4 is 9.47 Å². The molecule has 2 atom stereocenters. The number of ether oxygens (including phenoxy) is 2. The van der Waals surface area contributed by atoms with Crippen molar-refractivity contribution in [1.29, 1.82) is 0 Å². The molecular weight excluding hydrogens is 360 g/mol. The van der Waals surface area contributed by atoms with Crippen LogP contribution >= 0.6 is 0 Å². The molecule has 146 valence electrons. The van der Waals surface area contributed by atoms with Crippen molar-refractivity contribution in [1.82, 2.24) is 5.01 Å². The molecule has 0 saturated carbocycles. The lowest BCUT2D eigenvalue weighted by atomic mass is 9.96. The minimum atomic E-state index is -0.260. The first-order valence-electron chi connectivity index (χ1n) is 10.1. The SMILES string of the molecule is CC(C)Oc1ccc([C@@H]2Oc3ccccc3[C@H]3CC(c4ccccc4)=NN32)cc1. The van der Waals surface area contributed by atoms with Crippen LogP contribution in [0.15, 0.2) is 84.0 Å². The van der Waals surface area contributed by atoms with Crippen LogP contribution in [0.1, 0.15) is 49.2 Å². The molecule has 0 aliphatic carbocycles. The lowest BCUT2D eigenvalue weighted by Crippen LogP contribution is -2.33. The predicted molar refractivity (Wildman–Crippen MR) is 114 cm³/mol. The van der Waals surface area contributed by atoms with Crippen LogP contribution in [-0.2, 0) is 0 Å². The van der Waals surface area contributed by atoms with Gasteiger partial charge in [0.25, 0.3) is 0 Å². The molecule has 2 heterocycles. The number of hydrazone groups is 1. The summed E-state index contributed by atoms with van der Waals surface area (Å²) in [5.41, 5.74) is 4.52. The monoisotopic (exact) mass is 384 g/mol. The molecule has 0 unspecified atom stereocenters. The van der Waals surface area contributed by atoms with Crippen LogP contribution in [-0.4, -0.2) is 16.8 Å². The van der Waals surface area contributed by atoms with Gasteiger partial charge in [-0.25, -0.2) is 5.01 Å². The fraction of sp³-hybridized carbons (Fsp3) is 0.240. The number of hydrogen-bond acceptors (Lipinski definition) is 4. The number of nitrogens with zero attached hydrogens (tertiary/aromatic N) is 2. The van der Waals surface area contributed by atoms with Gasteiger partial charge in [-0.05, 0) is 49.7 Å². The molecule has 3 aromatic rings. The lowest BCUT2D eigenvalue weighted by molar-refractivity contribution is -0.0190. The number of fused-ring (bicyclic) bond motifs is 3. The summed E-state index contributed by atoms with van der Waals surface area (Å²) in [7, 11) is 0. The van der Waals surface area contributed by atoms with Crippen molar-refractivity contribution in [3.63, 3.8) is 0 Å². The zero-order valence-electron chi connectivity index (χ0n) is 16.7. The first-order valence-corrected chi connectivity index (χ1v) is 10.1. The third-order valence-corrected chi connectivity index (χ3v) is 5.34. The van der Waals surface area contributed by atoms with Gasteiger partial charge in [0.1, 0.15) is 11.5 Å². The van der Waals surface area contributed by atoms with Crippen molar-refractivity contribution in [3.05, 3.63) is 95.6 Å². The highest BCUT2D eigenvalue weighted by atomic mass is 16.5. The van der Waals surface area contributed by atoms with Crippen molar-refractivity contribution >= 4 is 5.71 Å². The van der Waals surface area contributed by atoms with E-state index in [9.17, 15) is 0 Å². The topological polar surface area (TPSA) is 34.1 Å². The average molecular weight is 384 g/mol. The highest BCUT2D eigenvalue weighted by Crippen LogP contribution is 2.47. The standard InChI is InChI=1S/C25H24N2O2/c1-17(2)28-20-14-12-19(13-15-20)25-27-23(21-10-6-7-11-24(21)29-25)16-22(26-27)18-8-4-3-5-9-18/h3-15,17,23,25H,16H2,1-2H3/t23-,25+/m1/s1. The van der Waals surface area contributed by atoms with Gasteiger partial charge >= 0.3 is 0 Å². The fourth-order valence-corrected chi connectivity index (χ4v) is 4.04. The zero-order chi connectivity index (χ0) is 19.8. The minimum absolute atomic E-state index is 0.152. The Hall–Kier alpha value is -3.27. The largest absolute Gasteiger partial charge is 0.491 e. The summed E-state index contributed by atoms with van der Waals surface area (Å²) in [5.74, 6) is 1.80. The molecule has 0 bridgehead atoms. The minimum Gasteiger partial charge on any atom is -0.491 e. The maximum atomic E-state index is 6.42. The molecule has 0 aromatic heterocycles. The molecule has 0 spiro atoms. The quantitative estimate of drug-likeness (QED) is 0.577. The Morgan fingerprint density at radius 3 is 2.41 bits per heavy atom. The summed E-state index contributed by atoms with van der Waals surface area (Å²) >= 11 is 0. The Bertz CT molecular complexity index is 1030. The van der Waals surface area contributed by atoms with Crippen LogP contribution in [0.3, 0.4) is 0 Å². The number of benzene rings is 3. The van der Waals surface area contributed by atoms with Gasteiger partial charge in [-0.3, -0.25) is 0 Å². The van der Waals surface area contributed by atoms with Gasteiger partial charge in [0.2, 0.25) is 6.23 Å². The van der Waals surface area contributed by atoms with Gasteiger partial charge in [-0.15, -0.1) is 0 Å². The average Bonchev–Trinajstić information content (AvgIpc) is 3.20. The molecule has 0 radical (unpaired) electrons. The molecule has 29 heavy (non-hydrogen) atoms. The van der Waals surface area contributed by atoms with Crippen molar-refractivity contribution in [3.8, 4) is 11.5 Å². The first kappa shape index (κ1) is 17.8. The second kappa shape index (κ2) is 7.28. The Morgan fingerprint density at radius 2 is 1.66 bits per heavy atom. The molecule has 2 aliphatic rings. The number of rotatable bonds is 4. The molecule has 4 heteroatoms. The van der Waals surface area contributed by atoms with E-state index in [4.69, 9.17) is 14.6 Å². The van der Waals surface area contributed by atoms with E-state index >= 15 is 0 Å². The Balaban J connectivity index is 1.52. The van der Waals surface area contributed by atoms with Crippen LogP contribution in [0.2, 0.25) is 0 Å². The van der Waals surface area contributed by atoms with Gasteiger partial charge in [0, 0.05) is 17.5 Å². The van der Waals surface area contributed by atoms with E-state index < -0.39 is 0 Å². The van der Waals surface area contributed by atoms with Crippen molar-refractivity contribution in [2.45, 2.75) is 38.6 Å². The number of hydrogen-bond donors (Lipinski definition) is 0. The summed E-state index contributed by atoms with van der Waals surface area (Å²) in [6, 6.07) is 27.0. The van der Waals surface area contributed by atoms with Crippen LogP contribution in [0.4, 0.5) is 0 Å². The van der Waals surface area contributed by atoms with E-state index in [1.54, 1.807) is 0 Å². The van der Waals surface area contributed by atoms with Crippen LogP contribution in [0, 0.1) is 0 Å². The van der Waals surface area contributed by atoms with E-state index in [1.165, 1.54) is 11.1 Å². The molecule has 0 amide bonds. The Kier molecular flexibility index (Phi) is 4.47. The smallest absolute Gasteiger partial charge is 0.213 e. The number of para-hydroxylation sites is 1. The molecule has 3 aromatic carbocycles. The summed E-state index contributed by atoms with van der Waals surface area (Å²) in [5, 5.41) is 7.12. The van der Waals surface area contributed by atoms with E-state index in [-0.39, 0.29) is 18.4 Å². The van der Waals surface area contributed by atoms with Crippen LogP contribution in [0.25, 0.3) is 0 Å². The van der Waals surface area contributed by atoms with Gasteiger partial charge in [-0.2, -0.15) is 5.10 Å². The van der Waals surface area contributed by atoms with Crippen molar-refractivity contribution in [2.24, 2.45) is 5.10 Å². The normalized spacial score (nSPS) is 20.0. The van der Waals surface area contributed by atoms with Gasteiger partial charge in [0.15, 0.2) is 0 Å². The molecule has 4 nitrogen and oxygen atoms in total. The third kappa shape index (κ3) is 3.35. The van der Waals surface area contributed by atoms with Crippen molar-refractivity contribution in [2.75, 3.05) is 0 Å². The summed E-state index contributed by atoms with van der Waals surface area (Å²) in [6.07, 6.45) is 0.763. The van der Waals surface area contributed by atoms with Crippen LogP contribution in [0.5, 0.6) is 11.5 Å². The van der Waals surface area contributed by atoms with E-state index in [1.807, 2.05) is 38.1 Å². The highest BCUT2D eigenvalue weighted by Gasteiger charge is 2.40. The van der Waals surface area contributed by atoms with Crippen molar-refractivity contribution < 1.29 is 9.47 Å². The maximum Gasteiger partial charge on any atom is 0.213 e. The lowest BCUT2D eigenvalue weighted by Gasteiger charge is -2.38. The predicted octanol–water partition coefficient (Wildman–Crippen LogP) is 5.72.